The van der Waals surface area contributed by atoms with E-state index in [-0.39, 0.29) is 39.9 Å². The Morgan fingerprint density at radius 3 is 2.13 bits per heavy atom. The lowest BCUT2D eigenvalue weighted by atomic mass is 9.85. The smallest absolute Gasteiger partial charge is 0.486 e. The minimum Gasteiger partial charge on any atom is -0.486 e. The summed E-state index contributed by atoms with van der Waals surface area (Å²) in [6.07, 6.45) is -0.513. The average molecular weight is 491 g/mol. The summed E-state index contributed by atoms with van der Waals surface area (Å²) in [5.41, 5.74) is -3.12. The second-order valence-corrected chi connectivity index (χ2v) is 10.4. The number of hydrogen-bond donors (Lipinski definition) is 0. The van der Waals surface area contributed by atoms with Gasteiger partial charge < -0.3 is 18.9 Å². The number of benzene rings is 1. The monoisotopic (exact) mass is 490 g/mol. The molecule has 0 N–H and O–H groups in total. The molecule has 1 aromatic carbocycles. The fourth-order valence-corrected chi connectivity index (χ4v) is 3.86. The normalized spacial score (nSPS) is 18.8. The van der Waals surface area contributed by atoms with Gasteiger partial charge in [0, 0.05) is 5.56 Å². The van der Waals surface area contributed by atoms with E-state index in [1.165, 1.54) is 6.07 Å². The molecule has 1 aliphatic carbocycles. The molecule has 6 nitrogen and oxygen atoms in total. The topological polar surface area (TPSA) is 71.1 Å². The Hall–Kier alpha value is -1.90. The first-order chi connectivity index (χ1) is 13.6. The highest BCUT2D eigenvalue weighted by Gasteiger charge is 2.67. The molecule has 2 aliphatic rings. The first-order valence-corrected chi connectivity index (χ1v) is 10.4. The van der Waals surface area contributed by atoms with Crippen molar-refractivity contribution in [2.24, 2.45) is 0 Å². The second kappa shape index (κ2) is 7.07. The lowest BCUT2D eigenvalue weighted by Crippen LogP contribution is -2.44. The predicted molar refractivity (Wildman–Crippen MR) is 108 cm³/mol. The van der Waals surface area contributed by atoms with E-state index >= 15 is 0 Å². The Bertz CT molecular complexity index is 894. The fraction of sp³-hybridized carbons (Fsp3) is 0.619. The Kier molecular flexibility index (Phi) is 5.37. The summed E-state index contributed by atoms with van der Waals surface area (Å²) >= 11 is 3.26. The van der Waals surface area contributed by atoms with Gasteiger partial charge in [-0.15, -0.1) is 0 Å². The predicted octanol–water partition coefficient (Wildman–Crippen LogP) is 5.78. The Morgan fingerprint density at radius 2 is 1.63 bits per heavy atom. The maximum atomic E-state index is 14.6. The maximum Gasteiger partial charge on any atom is 0.514 e. The highest BCUT2D eigenvalue weighted by molar-refractivity contribution is 9.10. The number of esters is 1. The molecule has 0 radical (unpaired) electrons. The number of carbonyl (C=O) groups is 2. The maximum absolute atomic E-state index is 14.6. The molecule has 1 aliphatic heterocycles. The van der Waals surface area contributed by atoms with Crippen LogP contribution in [0.3, 0.4) is 0 Å². The molecule has 30 heavy (non-hydrogen) atoms. The Morgan fingerprint density at radius 1 is 1.07 bits per heavy atom. The van der Waals surface area contributed by atoms with Crippen LogP contribution in [-0.4, -0.2) is 35.9 Å². The quantitative estimate of drug-likeness (QED) is 0.386. The van der Waals surface area contributed by atoms with Gasteiger partial charge in [0.25, 0.3) is 5.92 Å². The average Bonchev–Trinajstić information content (AvgIpc) is 3.32. The number of alkyl halides is 2. The molecule has 3 rings (SSSR count). The van der Waals surface area contributed by atoms with Gasteiger partial charge in [-0.05, 0) is 76.4 Å². The molecule has 0 bridgehead atoms. The molecule has 1 heterocycles. The largest absolute Gasteiger partial charge is 0.514 e. The Balaban J connectivity index is 2.13. The summed E-state index contributed by atoms with van der Waals surface area (Å²) in [4.78, 5) is 25.3. The highest BCUT2D eigenvalue weighted by atomic mass is 79.9. The molecule has 1 spiro atoms. The van der Waals surface area contributed by atoms with E-state index in [1.807, 2.05) is 0 Å². The van der Waals surface area contributed by atoms with Gasteiger partial charge >= 0.3 is 12.1 Å². The van der Waals surface area contributed by atoms with Gasteiger partial charge in [-0.2, -0.15) is 0 Å². The van der Waals surface area contributed by atoms with Crippen molar-refractivity contribution >= 4 is 28.1 Å². The summed E-state index contributed by atoms with van der Waals surface area (Å²) in [5.74, 6) is -4.16. The van der Waals surface area contributed by atoms with Gasteiger partial charge in [-0.1, -0.05) is 0 Å². The molecule has 0 unspecified atom stereocenters. The van der Waals surface area contributed by atoms with Crippen molar-refractivity contribution in [3.63, 3.8) is 0 Å². The third-order valence-electron chi connectivity index (χ3n) is 4.73. The van der Waals surface area contributed by atoms with E-state index in [1.54, 1.807) is 41.5 Å². The molecule has 1 saturated carbocycles. The summed E-state index contributed by atoms with van der Waals surface area (Å²) in [6, 6.07) is 1.42. The third-order valence-corrected chi connectivity index (χ3v) is 5.32. The molecule has 0 saturated heterocycles. The van der Waals surface area contributed by atoms with Crippen LogP contribution in [0.25, 0.3) is 0 Å². The fourth-order valence-electron chi connectivity index (χ4n) is 3.35. The van der Waals surface area contributed by atoms with Gasteiger partial charge in [-0.25, -0.2) is 18.4 Å². The van der Waals surface area contributed by atoms with Crippen LogP contribution in [0.15, 0.2) is 10.5 Å². The van der Waals surface area contributed by atoms with Crippen LogP contribution in [0.4, 0.5) is 13.6 Å². The highest BCUT2D eigenvalue weighted by Crippen LogP contribution is 2.64. The minimum atomic E-state index is -3.07. The first-order valence-electron chi connectivity index (χ1n) is 9.58. The third kappa shape index (κ3) is 4.26. The summed E-state index contributed by atoms with van der Waals surface area (Å²) in [5, 5.41) is 0. The lowest BCUT2D eigenvalue weighted by Gasteiger charge is -2.35. The van der Waals surface area contributed by atoms with Crippen LogP contribution in [-0.2, 0) is 14.9 Å². The van der Waals surface area contributed by atoms with Crippen molar-refractivity contribution in [3.8, 4) is 11.5 Å². The van der Waals surface area contributed by atoms with Gasteiger partial charge in [0.1, 0.15) is 22.5 Å². The van der Waals surface area contributed by atoms with Crippen molar-refractivity contribution in [1.29, 1.82) is 0 Å². The number of rotatable bonds is 2. The molecule has 0 atom stereocenters. The zero-order valence-corrected chi connectivity index (χ0v) is 19.4. The van der Waals surface area contributed by atoms with Gasteiger partial charge in [0.2, 0.25) is 0 Å². The van der Waals surface area contributed by atoms with Gasteiger partial charge in [0.05, 0.1) is 9.89 Å². The van der Waals surface area contributed by atoms with Crippen molar-refractivity contribution in [2.45, 2.75) is 76.9 Å². The van der Waals surface area contributed by atoms with Gasteiger partial charge in [-0.3, -0.25) is 0 Å². The van der Waals surface area contributed by atoms with Crippen LogP contribution in [0.2, 0.25) is 0 Å². The van der Waals surface area contributed by atoms with E-state index in [4.69, 9.17) is 18.9 Å². The zero-order valence-electron chi connectivity index (χ0n) is 17.8. The zero-order chi connectivity index (χ0) is 22.7. The molecule has 166 valence electrons. The number of hydrogen-bond acceptors (Lipinski definition) is 6. The van der Waals surface area contributed by atoms with Gasteiger partial charge in [0.15, 0.2) is 12.4 Å². The summed E-state index contributed by atoms with van der Waals surface area (Å²) in [7, 11) is 0. The van der Waals surface area contributed by atoms with E-state index in [9.17, 15) is 18.4 Å². The van der Waals surface area contributed by atoms with Crippen molar-refractivity contribution in [3.05, 3.63) is 21.7 Å². The second-order valence-electron chi connectivity index (χ2n) is 9.58. The van der Waals surface area contributed by atoms with Crippen LogP contribution < -0.4 is 9.47 Å². The molecule has 1 fully saturated rings. The molecule has 9 heteroatoms. The Labute approximate surface area is 182 Å². The van der Waals surface area contributed by atoms with Crippen molar-refractivity contribution in [2.75, 3.05) is 6.61 Å². The van der Waals surface area contributed by atoms with Crippen LogP contribution in [0, 0.1) is 0 Å². The van der Waals surface area contributed by atoms with E-state index in [0.29, 0.717) is 0 Å². The molecular formula is C21H25BrF2O6. The number of fused-ring (bicyclic) bond motifs is 2. The molecule has 1 aromatic rings. The van der Waals surface area contributed by atoms with E-state index in [2.05, 4.69) is 15.9 Å². The van der Waals surface area contributed by atoms with Crippen LogP contribution in [0.5, 0.6) is 11.5 Å². The summed E-state index contributed by atoms with van der Waals surface area (Å²) in [6.45, 7) is 9.11. The first kappa shape index (κ1) is 22.8. The molecule has 0 amide bonds. The number of carbonyl (C=O) groups excluding carboxylic acids is 2. The molecule has 0 aromatic heterocycles. The van der Waals surface area contributed by atoms with Crippen LogP contribution in [0.1, 0.15) is 70.3 Å². The molecular weight excluding hydrogens is 466 g/mol. The van der Waals surface area contributed by atoms with E-state index < -0.39 is 41.3 Å². The number of halogens is 3. The number of ether oxygens (including phenoxy) is 4. The lowest BCUT2D eigenvalue weighted by molar-refractivity contribution is -0.0881. The SMILES string of the molecule is CC(C)(C)OC(=O)Oc1c(Br)cc2c(c1C(=O)OC(C)(C)C)OCC(F)(F)C21CC1. The van der Waals surface area contributed by atoms with Crippen molar-refractivity contribution in [1.82, 2.24) is 0 Å². The summed E-state index contributed by atoms with van der Waals surface area (Å²) < 4.78 is 50.6. The van der Waals surface area contributed by atoms with E-state index in [0.717, 1.165) is 0 Å². The van der Waals surface area contributed by atoms with Crippen molar-refractivity contribution < 1.29 is 37.3 Å². The van der Waals surface area contributed by atoms with Crippen LogP contribution >= 0.6 is 15.9 Å². The standard InChI is InChI=1S/C21H25BrF2O6/c1-18(2,3)29-16(25)13-14-11(20(7-8-20)21(23,24)10-27-14)9-12(22)15(13)28-17(26)30-19(4,5)6/h9H,7-8,10H2,1-6H3. The minimum absolute atomic E-state index is 0.0468.